The van der Waals surface area contributed by atoms with Crippen LogP contribution in [-0.4, -0.2) is 31.1 Å². The minimum Gasteiger partial charge on any atom is -0.379 e. The molecule has 1 unspecified atom stereocenters. The molecule has 0 saturated carbocycles. The van der Waals surface area contributed by atoms with Crippen molar-refractivity contribution in [3.8, 4) is 0 Å². The molecule has 0 aromatic carbocycles. The highest BCUT2D eigenvalue weighted by Gasteiger charge is 2.19. The first-order valence-electron chi connectivity index (χ1n) is 4.13. The van der Waals surface area contributed by atoms with Crippen LogP contribution in [0.25, 0.3) is 0 Å². The maximum atomic E-state index is 11.0. The van der Waals surface area contributed by atoms with Crippen LogP contribution < -0.4 is 16.6 Å². The van der Waals surface area contributed by atoms with E-state index < -0.39 is 11.8 Å². The van der Waals surface area contributed by atoms with Gasteiger partial charge in [-0.3, -0.25) is 15.0 Å². The number of hydrogen-bond donors (Lipinski definition) is 3. The van der Waals surface area contributed by atoms with Gasteiger partial charge in [0, 0.05) is 6.61 Å². The molecule has 0 bridgehead atoms. The zero-order valence-electron chi connectivity index (χ0n) is 7.21. The summed E-state index contributed by atoms with van der Waals surface area (Å²) >= 11 is 0. The molecule has 1 aliphatic rings. The average Bonchev–Trinajstić information content (AvgIpc) is 2.18. The van der Waals surface area contributed by atoms with Gasteiger partial charge in [-0.2, -0.15) is 0 Å². The second-order valence-electron chi connectivity index (χ2n) is 2.86. The Balaban J connectivity index is 2.30. The van der Waals surface area contributed by atoms with Gasteiger partial charge in [0.15, 0.2) is 0 Å². The lowest BCUT2D eigenvalue weighted by atomic mass is 10.1. The van der Waals surface area contributed by atoms with Gasteiger partial charge in [0.2, 0.25) is 0 Å². The average molecular weight is 187 g/mol. The predicted molar refractivity (Wildman–Crippen MR) is 44.3 cm³/mol. The Morgan fingerprint density at radius 3 is 2.69 bits per heavy atom. The maximum Gasteiger partial charge on any atom is 0.323 e. The van der Waals surface area contributed by atoms with E-state index in [1.165, 1.54) is 0 Å². The Bertz CT molecular complexity index is 201. The number of ether oxygens (including phenoxy) is 1. The van der Waals surface area contributed by atoms with E-state index in [0.717, 1.165) is 19.4 Å². The second kappa shape index (κ2) is 4.78. The summed E-state index contributed by atoms with van der Waals surface area (Å²) in [6.07, 6.45) is 1.73. The number of nitrogens with one attached hydrogen (secondary N) is 2. The number of hydrogen-bond acceptors (Lipinski definition) is 4. The fourth-order valence-corrected chi connectivity index (χ4v) is 1.17. The minimum atomic E-state index is -0.828. The van der Waals surface area contributed by atoms with Gasteiger partial charge >= 0.3 is 11.8 Å². The summed E-state index contributed by atoms with van der Waals surface area (Å²) in [5.41, 5.74) is 1.76. The van der Waals surface area contributed by atoms with Crippen LogP contribution in [0.15, 0.2) is 0 Å². The molecule has 2 amide bonds. The zero-order valence-corrected chi connectivity index (χ0v) is 7.21. The lowest BCUT2D eigenvalue weighted by Gasteiger charge is -2.22. The van der Waals surface area contributed by atoms with E-state index in [4.69, 9.17) is 10.6 Å². The lowest BCUT2D eigenvalue weighted by Crippen LogP contribution is -2.49. The molecule has 0 aromatic rings. The number of amides is 2. The van der Waals surface area contributed by atoms with Crippen molar-refractivity contribution in [2.24, 2.45) is 5.84 Å². The van der Waals surface area contributed by atoms with Gasteiger partial charge in [-0.05, 0) is 12.8 Å². The molecule has 1 aliphatic heterocycles. The summed E-state index contributed by atoms with van der Waals surface area (Å²) in [6.45, 7) is 1.18. The van der Waals surface area contributed by atoms with Crippen LogP contribution in [0.1, 0.15) is 12.8 Å². The van der Waals surface area contributed by atoms with Crippen LogP contribution in [0.5, 0.6) is 0 Å². The molecule has 1 heterocycles. The Morgan fingerprint density at radius 1 is 1.38 bits per heavy atom. The standard InChI is InChI=1S/C7H13N3O3/c8-10-7(12)6(11)9-5-2-1-3-13-4-5/h5H,1-4,8H2,(H,9,11)(H,10,12). The molecule has 74 valence electrons. The monoisotopic (exact) mass is 187 g/mol. The van der Waals surface area contributed by atoms with Crippen LogP contribution in [0.3, 0.4) is 0 Å². The quantitative estimate of drug-likeness (QED) is 0.197. The molecule has 6 heteroatoms. The molecule has 1 rings (SSSR count). The van der Waals surface area contributed by atoms with Crippen molar-refractivity contribution in [2.45, 2.75) is 18.9 Å². The topological polar surface area (TPSA) is 93.5 Å². The molecule has 0 aromatic heterocycles. The number of rotatable bonds is 1. The maximum absolute atomic E-state index is 11.0. The number of hydrazine groups is 1. The first-order chi connectivity index (χ1) is 6.24. The molecule has 0 aliphatic carbocycles. The summed E-state index contributed by atoms with van der Waals surface area (Å²) in [6, 6.07) is -0.0708. The van der Waals surface area contributed by atoms with E-state index in [2.05, 4.69) is 5.32 Å². The smallest absolute Gasteiger partial charge is 0.323 e. The molecule has 1 fully saturated rings. The first-order valence-corrected chi connectivity index (χ1v) is 4.13. The van der Waals surface area contributed by atoms with Crippen molar-refractivity contribution in [3.63, 3.8) is 0 Å². The van der Waals surface area contributed by atoms with Crippen molar-refractivity contribution in [2.75, 3.05) is 13.2 Å². The van der Waals surface area contributed by atoms with E-state index >= 15 is 0 Å². The molecular formula is C7H13N3O3. The van der Waals surface area contributed by atoms with E-state index in [1.807, 2.05) is 0 Å². The third-order valence-corrected chi connectivity index (χ3v) is 1.83. The van der Waals surface area contributed by atoms with E-state index in [1.54, 1.807) is 5.43 Å². The fraction of sp³-hybridized carbons (Fsp3) is 0.714. The fourth-order valence-electron chi connectivity index (χ4n) is 1.17. The number of nitrogens with two attached hydrogens (primary N) is 1. The van der Waals surface area contributed by atoms with Crippen LogP contribution in [0.2, 0.25) is 0 Å². The molecule has 1 saturated heterocycles. The SMILES string of the molecule is NNC(=O)C(=O)NC1CCCOC1. The van der Waals surface area contributed by atoms with Gasteiger partial charge < -0.3 is 10.1 Å². The van der Waals surface area contributed by atoms with E-state index in [0.29, 0.717) is 6.61 Å². The van der Waals surface area contributed by atoms with Gasteiger partial charge in [-0.15, -0.1) is 0 Å². The largest absolute Gasteiger partial charge is 0.379 e. The molecular weight excluding hydrogens is 174 g/mol. The molecule has 1 atom stereocenters. The van der Waals surface area contributed by atoms with Crippen molar-refractivity contribution < 1.29 is 14.3 Å². The zero-order chi connectivity index (χ0) is 9.68. The van der Waals surface area contributed by atoms with Crippen molar-refractivity contribution in [3.05, 3.63) is 0 Å². The highest BCUT2D eigenvalue weighted by molar-refractivity contribution is 6.34. The van der Waals surface area contributed by atoms with Gasteiger partial charge in [0.1, 0.15) is 0 Å². The van der Waals surface area contributed by atoms with Gasteiger partial charge in [-0.25, -0.2) is 5.84 Å². The minimum absolute atomic E-state index is 0.0708. The molecule has 0 spiro atoms. The van der Waals surface area contributed by atoms with Crippen LogP contribution in [-0.2, 0) is 14.3 Å². The normalized spacial score (nSPS) is 22.1. The Morgan fingerprint density at radius 2 is 2.15 bits per heavy atom. The molecule has 0 radical (unpaired) electrons. The first kappa shape index (κ1) is 9.94. The van der Waals surface area contributed by atoms with Crippen molar-refractivity contribution in [1.29, 1.82) is 0 Å². The highest BCUT2D eigenvalue weighted by Crippen LogP contribution is 2.05. The van der Waals surface area contributed by atoms with Crippen LogP contribution in [0.4, 0.5) is 0 Å². The van der Waals surface area contributed by atoms with Gasteiger partial charge in [0.25, 0.3) is 0 Å². The van der Waals surface area contributed by atoms with Crippen molar-refractivity contribution in [1.82, 2.24) is 10.7 Å². The van der Waals surface area contributed by atoms with Crippen molar-refractivity contribution >= 4 is 11.8 Å². The van der Waals surface area contributed by atoms with E-state index in [-0.39, 0.29) is 6.04 Å². The summed E-state index contributed by atoms with van der Waals surface area (Å²) < 4.78 is 5.12. The van der Waals surface area contributed by atoms with Gasteiger partial charge in [0.05, 0.1) is 12.6 Å². The molecule has 6 nitrogen and oxygen atoms in total. The third kappa shape index (κ3) is 3.00. The van der Waals surface area contributed by atoms with Crippen LogP contribution >= 0.6 is 0 Å². The Hall–Kier alpha value is -1.14. The summed E-state index contributed by atoms with van der Waals surface area (Å²) in [5, 5.41) is 2.51. The van der Waals surface area contributed by atoms with Gasteiger partial charge in [-0.1, -0.05) is 0 Å². The summed E-state index contributed by atoms with van der Waals surface area (Å²) in [5.74, 6) is 3.25. The lowest BCUT2D eigenvalue weighted by molar-refractivity contribution is -0.140. The summed E-state index contributed by atoms with van der Waals surface area (Å²) in [7, 11) is 0. The number of carbonyl (C=O) groups is 2. The predicted octanol–water partition coefficient (Wildman–Crippen LogP) is -1.73. The molecule has 13 heavy (non-hydrogen) atoms. The Labute approximate surface area is 75.8 Å². The van der Waals surface area contributed by atoms with E-state index in [9.17, 15) is 9.59 Å². The van der Waals surface area contributed by atoms with Crippen LogP contribution in [0, 0.1) is 0 Å². The Kier molecular flexibility index (Phi) is 3.66. The summed E-state index contributed by atoms with van der Waals surface area (Å²) in [4.78, 5) is 21.7. The highest BCUT2D eigenvalue weighted by atomic mass is 16.5. The molecule has 4 N–H and O–H groups in total. The second-order valence-corrected chi connectivity index (χ2v) is 2.86. The number of carbonyl (C=O) groups excluding carboxylic acids is 2. The third-order valence-electron chi connectivity index (χ3n) is 1.83.